The Bertz CT molecular complexity index is 1760. The summed E-state index contributed by atoms with van der Waals surface area (Å²) in [6.07, 6.45) is 0.0630. The maximum Gasteiger partial charge on any atom is 0.473 e. The Labute approximate surface area is 331 Å². The van der Waals surface area contributed by atoms with Crippen LogP contribution in [0, 0.1) is 5.41 Å². The van der Waals surface area contributed by atoms with Crippen LogP contribution in [0.1, 0.15) is 106 Å². The van der Waals surface area contributed by atoms with Crippen LogP contribution in [0.25, 0.3) is 0 Å². The molecular formula is C38H57F3N8O8. The van der Waals surface area contributed by atoms with Gasteiger partial charge in [0.1, 0.15) is 35.0 Å². The Morgan fingerprint density at radius 2 is 1.21 bits per heavy atom. The van der Waals surface area contributed by atoms with Gasteiger partial charge in [0.25, 0.3) is 0 Å². The van der Waals surface area contributed by atoms with E-state index in [1.807, 2.05) is 0 Å². The van der Waals surface area contributed by atoms with Gasteiger partial charge in [0, 0.05) is 31.0 Å². The number of hydrogen-bond acceptors (Lipinski definition) is 9. The van der Waals surface area contributed by atoms with Crippen LogP contribution < -0.4 is 26.3 Å². The van der Waals surface area contributed by atoms with Crippen LogP contribution >= 0.6 is 0 Å². The quantitative estimate of drug-likeness (QED) is 0.0675. The van der Waals surface area contributed by atoms with Crippen molar-refractivity contribution in [2.45, 2.75) is 137 Å². The maximum atomic E-state index is 13.2. The number of ether oxygens (including phenoxy) is 4. The number of rotatable bonds is 14. The fraction of sp³-hybridized carbons (Fsp3) is 0.605. The first-order valence-electron chi connectivity index (χ1n) is 18.6. The van der Waals surface area contributed by atoms with Gasteiger partial charge >= 0.3 is 30.4 Å². The first kappa shape index (κ1) is 47.8. The summed E-state index contributed by atoms with van der Waals surface area (Å²) in [6.45, 7) is 16.1. The van der Waals surface area contributed by atoms with Gasteiger partial charge in [0.2, 0.25) is 11.6 Å². The summed E-state index contributed by atoms with van der Waals surface area (Å²) in [5, 5.41) is 15.8. The van der Waals surface area contributed by atoms with Crippen molar-refractivity contribution in [1.29, 1.82) is 5.41 Å². The lowest BCUT2D eigenvalue weighted by Crippen LogP contribution is -2.44. The van der Waals surface area contributed by atoms with Crippen LogP contribution in [0.4, 0.5) is 27.6 Å². The Morgan fingerprint density at radius 1 is 0.702 bits per heavy atom. The second kappa shape index (κ2) is 21.2. The lowest BCUT2D eigenvalue weighted by Gasteiger charge is -2.21. The predicted molar refractivity (Wildman–Crippen MR) is 206 cm³/mol. The Kier molecular flexibility index (Phi) is 17.8. The van der Waals surface area contributed by atoms with Crippen molar-refractivity contribution < 1.29 is 51.3 Å². The van der Waals surface area contributed by atoms with E-state index < -0.39 is 47.2 Å². The number of aryl methyl sites for hydroxylation is 1. The van der Waals surface area contributed by atoms with E-state index in [1.165, 1.54) is 15.3 Å². The number of aliphatic imine (C=N–C) groups is 1. The van der Waals surface area contributed by atoms with E-state index in [0.717, 1.165) is 25.7 Å². The summed E-state index contributed by atoms with van der Waals surface area (Å²) in [4.78, 5) is 55.5. The zero-order valence-electron chi connectivity index (χ0n) is 34.2. The fourth-order valence-corrected chi connectivity index (χ4v) is 4.76. The molecule has 19 heteroatoms. The minimum atomic E-state index is -5.14. The van der Waals surface area contributed by atoms with Gasteiger partial charge in [0.05, 0.1) is 6.54 Å². The van der Waals surface area contributed by atoms with E-state index in [-0.39, 0.29) is 30.6 Å². The molecular weight excluding hydrogens is 753 g/mol. The minimum absolute atomic E-state index is 0.0324. The molecule has 0 atom stereocenters. The van der Waals surface area contributed by atoms with Gasteiger partial charge in [-0.1, -0.05) is 25.7 Å². The molecule has 0 bridgehead atoms. The van der Waals surface area contributed by atoms with E-state index in [2.05, 4.69) is 25.9 Å². The number of alkyl carbamates (subject to hydrolysis) is 2. The number of nitrogens with zero attached hydrogens (tertiary/aromatic N) is 4. The van der Waals surface area contributed by atoms with Crippen LogP contribution in [-0.2, 0) is 32.1 Å². The normalized spacial score (nSPS) is 12.8. The molecule has 57 heavy (non-hydrogen) atoms. The highest BCUT2D eigenvalue weighted by atomic mass is 19.4. The molecule has 4 N–H and O–H groups in total. The second-order valence-electron chi connectivity index (χ2n) is 15.9. The van der Waals surface area contributed by atoms with Crippen molar-refractivity contribution in [2.24, 2.45) is 9.98 Å². The zero-order valence-corrected chi connectivity index (χ0v) is 34.2. The number of guanidine groups is 1. The Hall–Kier alpha value is -5.36. The van der Waals surface area contributed by atoms with Gasteiger partial charge in [-0.05, 0) is 99.4 Å². The lowest BCUT2D eigenvalue weighted by molar-refractivity contribution is -0.169. The minimum Gasteiger partial charge on any atom is -0.492 e. The molecule has 0 aliphatic heterocycles. The highest BCUT2D eigenvalue weighted by molar-refractivity contribution is 6.04. The van der Waals surface area contributed by atoms with Gasteiger partial charge < -0.3 is 33.4 Å². The molecule has 0 spiro atoms. The summed E-state index contributed by atoms with van der Waals surface area (Å²) in [6, 6.07) is 6.27. The number of carbonyl (C=O) groups excluding carboxylic acids is 4. The van der Waals surface area contributed by atoms with Crippen molar-refractivity contribution in [3.05, 3.63) is 47.8 Å². The SMILES string of the molecule is CC(C)(C)OC(=O)/N=C(\NCCCCCCCCn1ccn(CCOc2ccc(C(=N)NC(=O)OC(C)(C)C)cc2)/c1=N/C(=O)C(F)(F)F)NC(=O)OC(C)(C)C. The molecule has 0 saturated carbocycles. The standard InChI is InChI=1S/C38H57F3N8O8/c1-35(2,3)55-32(51)44-28(42)26-16-18-27(19-17-26)54-25-24-49-23-22-48(31(49)45-29(50)38(39,40)41)21-15-13-11-10-12-14-20-43-30(46-33(52)56-36(4,5)6)47-34(53)57-37(7,8)9/h16-19,22-23H,10-15,20-21,24-25H2,1-9H3,(H2,42,44,51)(H2,43,46,47,52,53)/b45-31+. The molecule has 16 nitrogen and oxygen atoms in total. The number of amidine groups is 1. The van der Waals surface area contributed by atoms with E-state index in [4.69, 9.17) is 24.4 Å². The largest absolute Gasteiger partial charge is 0.492 e. The number of carbonyl (C=O) groups is 4. The monoisotopic (exact) mass is 810 g/mol. The molecule has 0 radical (unpaired) electrons. The molecule has 0 aliphatic carbocycles. The summed E-state index contributed by atoms with van der Waals surface area (Å²) in [5.41, 5.74) is -2.02. The molecule has 1 aromatic heterocycles. The molecule has 2 rings (SSSR count). The third kappa shape index (κ3) is 20.4. The molecule has 318 valence electrons. The van der Waals surface area contributed by atoms with Crippen LogP contribution in [0.2, 0.25) is 0 Å². The Balaban J connectivity index is 1.90. The smallest absolute Gasteiger partial charge is 0.473 e. The highest BCUT2D eigenvalue weighted by Gasteiger charge is 2.39. The number of imidazole rings is 1. The van der Waals surface area contributed by atoms with Crippen molar-refractivity contribution in [3.63, 3.8) is 0 Å². The number of nitrogens with one attached hydrogen (secondary N) is 4. The van der Waals surface area contributed by atoms with Crippen molar-refractivity contribution in [1.82, 2.24) is 25.1 Å². The van der Waals surface area contributed by atoms with Gasteiger partial charge in [-0.15, -0.1) is 4.99 Å². The maximum absolute atomic E-state index is 13.2. The molecule has 0 saturated heterocycles. The molecule has 0 unspecified atom stereocenters. The molecule has 4 amide bonds. The van der Waals surface area contributed by atoms with Crippen LogP contribution in [0.15, 0.2) is 46.6 Å². The molecule has 1 heterocycles. The van der Waals surface area contributed by atoms with Gasteiger partial charge in [0.15, 0.2) is 0 Å². The third-order valence-corrected chi connectivity index (χ3v) is 7.09. The third-order valence-electron chi connectivity index (χ3n) is 7.09. The summed E-state index contributed by atoms with van der Waals surface area (Å²) >= 11 is 0. The van der Waals surface area contributed by atoms with E-state index >= 15 is 0 Å². The van der Waals surface area contributed by atoms with Crippen molar-refractivity contribution >= 4 is 36.0 Å². The van der Waals surface area contributed by atoms with Gasteiger partial charge in [-0.2, -0.15) is 18.2 Å². The van der Waals surface area contributed by atoms with E-state index in [0.29, 0.717) is 37.2 Å². The van der Waals surface area contributed by atoms with Crippen LogP contribution in [0.3, 0.4) is 0 Å². The van der Waals surface area contributed by atoms with E-state index in [1.54, 1.807) is 92.8 Å². The molecule has 0 fully saturated rings. The Morgan fingerprint density at radius 3 is 1.75 bits per heavy atom. The average Bonchev–Trinajstić information content (AvgIpc) is 3.41. The van der Waals surface area contributed by atoms with Gasteiger partial charge in [-0.25, -0.2) is 14.4 Å². The topological polar surface area (TPSA) is 200 Å². The van der Waals surface area contributed by atoms with Crippen LogP contribution in [0.5, 0.6) is 5.75 Å². The number of alkyl halides is 3. The predicted octanol–water partition coefficient (Wildman–Crippen LogP) is 6.95. The summed E-state index contributed by atoms with van der Waals surface area (Å²) in [7, 11) is 0. The lowest BCUT2D eigenvalue weighted by atomic mass is 10.1. The second-order valence-corrected chi connectivity index (χ2v) is 15.9. The fourth-order valence-electron chi connectivity index (χ4n) is 4.76. The number of halogens is 3. The summed E-state index contributed by atoms with van der Waals surface area (Å²) < 4.78 is 63.8. The summed E-state index contributed by atoms with van der Waals surface area (Å²) in [5.74, 6) is -2.07. The molecule has 2 aromatic rings. The number of amides is 4. The number of aromatic nitrogens is 2. The van der Waals surface area contributed by atoms with Crippen molar-refractivity contribution in [3.8, 4) is 5.75 Å². The first-order chi connectivity index (χ1) is 26.3. The number of hydrogen-bond donors (Lipinski definition) is 4. The average molecular weight is 811 g/mol. The van der Waals surface area contributed by atoms with Gasteiger partial charge in [-0.3, -0.25) is 20.8 Å². The molecule has 1 aromatic carbocycles. The van der Waals surface area contributed by atoms with Crippen molar-refractivity contribution in [2.75, 3.05) is 13.2 Å². The van der Waals surface area contributed by atoms with Crippen LogP contribution in [-0.4, -0.2) is 81.2 Å². The zero-order chi connectivity index (χ0) is 43.0. The highest BCUT2D eigenvalue weighted by Crippen LogP contribution is 2.17. The number of benzene rings is 1. The first-order valence-corrected chi connectivity index (χ1v) is 18.6. The molecule has 0 aliphatic rings. The number of unbranched alkanes of at least 4 members (excludes halogenated alkanes) is 5. The van der Waals surface area contributed by atoms with E-state index in [9.17, 15) is 32.3 Å².